The van der Waals surface area contributed by atoms with Gasteiger partial charge in [-0.15, -0.1) is 0 Å². The van der Waals surface area contributed by atoms with Crippen LogP contribution in [0, 0.1) is 5.82 Å². The van der Waals surface area contributed by atoms with Crippen LogP contribution in [-0.2, 0) is 23.7 Å². The Balaban J connectivity index is 1.78. The molecule has 0 atom stereocenters. The van der Waals surface area contributed by atoms with Crippen molar-refractivity contribution in [2.24, 2.45) is 14.1 Å². The molecule has 1 fully saturated rings. The van der Waals surface area contributed by atoms with Crippen LogP contribution in [0.5, 0.6) is 0 Å². The van der Waals surface area contributed by atoms with Crippen LogP contribution in [-0.4, -0.2) is 27.0 Å². The Bertz CT molecular complexity index is 1280. The van der Waals surface area contributed by atoms with Crippen LogP contribution in [0.15, 0.2) is 52.8 Å². The SMILES string of the molecule is Cn1c(=O)n(C)c2cc(/C=C3\C(=O)NC(=O)N(c4ccc(F)cc4)C3=O)ccc21. The lowest BCUT2D eigenvalue weighted by Gasteiger charge is -2.26. The number of hydrogen-bond acceptors (Lipinski definition) is 4. The van der Waals surface area contributed by atoms with Crippen molar-refractivity contribution in [2.45, 2.75) is 0 Å². The fourth-order valence-corrected chi connectivity index (χ4v) is 3.26. The van der Waals surface area contributed by atoms with E-state index in [1.54, 1.807) is 32.3 Å². The highest BCUT2D eigenvalue weighted by molar-refractivity contribution is 6.39. The number of hydrogen-bond donors (Lipinski definition) is 1. The number of rotatable bonds is 2. The Morgan fingerprint density at radius 2 is 1.55 bits per heavy atom. The Hall–Kier alpha value is -4.01. The molecule has 0 aliphatic carbocycles. The number of aryl methyl sites for hydroxylation is 2. The van der Waals surface area contributed by atoms with Crippen LogP contribution in [0.1, 0.15) is 5.56 Å². The monoisotopic (exact) mass is 394 g/mol. The third-order valence-electron chi connectivity index (χ3n) is 4.79. The number of imide groups is 2. The van der Waals surface area contributed by atoms with E-state index in [0.29, 0.717) is 16.6 Å². The Morgan fingerprint density at radius 1 is 0.897 bits per heavy atom. The van der Waals surface area contributed by atoms with Crippen LogP contribution in [0.4, 0.5) is 14.9 Å². The lowest BCUT2D eigenvalue weighted by Crippen LogP contribution is -2.54. The van der Waals surface area contributed by atoms with Crippen LogP contribution in [0.2, 0.25) is 0 Å². The first-order valence-corrected chi connectivity index (χ1v) is 8.60. The minimum Gasteiger partial charge on any atom is -0.295 e. The molecule has 146 valence electrons. The first kappa shape index (κ1) is 18.4. The molecule has 8 nitrogen and oxygen atoms in total. The second-order valence-corrected chi connectivity index (χ2v) is 6.58. The molecule has 0 saturated carbocycles. The number of benzene rings is 2. The maximum atomic E-state index is 13.2. The fraction of sp³-hybridized carbons (Fsp3) is 0.100. The summed E-state index contributed by atoms with van der Waals surface area (Å²) in [7, 11) is 3.27. The number of carbonyl (C=O) groups excluding carboxylic acids is 3. The van der Waals surface area contributed by atoms with Gasteiger partial charge in [0.1, 0.15) is 11.4 Å². The van der Waals surface area contributed by atoms with E-state index in [0.717, 1.165) is 17.0 Å². The number of fused-ring (bicyclic) bond motifs is 1. The van der Waals surface area contributed by atoms with Crippen molar-refractivity contribution >= 4 is 40.6 Å². The third-order valence-corrected chi connectivity index (χ3v) is 4.79. The molecule has 1 aliphatic heterocycles. The molecule has 2 heterocycles. The summed E-state index contributed by atoms with van der Waals surface area (Å²) in [6, 6.07) is 8.88. The predicted molar refractivity (Wildman–Crippen MR) is 104 cm³/mol. The van der Waals surface area contributed by atoms with Gasteiger partial charge in [0.05, 0.1) is 16.7 Å². The minimum atomic E-state index is -0.912. The first-order valence-electron chi connectivity index (χ1n) is 8.60. The molecule has 1 aliphatic rings. The van der Waals surface area contributed by atoms with Gasteiger partial charge in [0.2, 0.25) is 0 Å². The van der Waals surface area contributed by atoms with Crippen molar-refractivity contribution in [3.63, 3.8) is 0 Å². The molecule has 0 radical (unpaired) electrons. The zero-order chi connectivity index (χ0) is 20.9. The molecule has 4 rings (SSSR count). The van der Waals surface area contributed by atoms with E-state index in [4.69, 9.17) is 0 Å². The second-order valence-electron chi connectivity index (χ2n) is 6.58. The second kappa shape index (κ2) is 6.55. The van der Waals surface area contributed by atoms with E-state index in [-0.39, 0.29) is 17.0 Å². The average molecular weight is 394 g/mol. The summed E-state index contributed by atoms with van der Waals surface area (Å²) in [4.78, 5) is 50.1. The number of anilines is 1. The maximum Gasteiger partial charge on any atom is 0.335 e. The number of nitrogens with one attached hydrogen (secondary N) is 1. The van der Waals surface area contributed by atoms with Crippen molar-refractivity contribution in [3.05, 3.63) is 69.9 Å². The lowest BCUT2D eigenvalue weighted by atomic mass is 10.1. The van der Waals surface area contributed by atoms with Crippen LogP contribution in [0.25, 0.3) is 17.1 Å². The normalized spacial score (nSPS) is 16.0. The Labute approximate surface area is 163 Å². The molecule has 9 heteroatoms. The van der Waals surface area contributed by atoms with E-state index in [1.165, 1.54) is 27.3 Å². The van der Waals surface area contributed by atoms with Crippen molar-refractivity contribution in [1.82, 2.24) is 14.5 Å². The van der Waals surface area contributed by atoms with Gasteiger partial charge in [-0.25, -0.2) is 18.9 Å². The molecular formula is C20H15FN4O4. The number of barbiturate groups is 1. The Kier molecular flexibility index (Phi) is 4.15. The van der Waals surface area contributed by atoms with Gasteiger partial charge in [0.25, 0.3) is 11.8 Å². The molecule has 0 unspecified atom stereocenters. The summed E-state index contributed by atoms with van der Waals surface area (Å²) < 4.78 is 16.1. The van der Waals surface area contributed by atoms with E-state index in [9.17, 15) is 23.6 Å². The van der Waals surface area contributed by atoms with Crippen LogP contribution >= 0.6 is 0 Å². The van der Waals surface area contributed by atoms with Crippen molar-refractivity contribution in [3.8, 4) is 0 Å². The summed E-state index contributed by atoms with van der Waals surface area (Å²) in [5, 5.41) is 2.11. The quantitative estimate of drug-likeness (QED) is 0.529. The average Bonchev–Trinajstić information content (AvgIpc) is 2.90. The molecule has 0 spiro atoms. The number of carbonyl (C=O) groups is 3. The first-order chi connectivity index (χ1) is 13.8. The van der Waals surface area contributed by atoms with E-state index in [1.807, 2.05) is 0 Å². The van der Waals surface area contributed by atoms with Gasteiger partial charge in [0.15, 0.2) is 0 Å². The number of halogens is 1. The zero-order valence-electron chi connectivity index (χ0n) is 15.5. The van der Waals surface area contributed by atoms with Gasteiger partial charge in [-0.3, -0.25) is 24.0 Å². The maximum absolute atomic E-state index is 13.2. The lowest BCUT2D eigenvalue weighted by molar-refractivity contribution is -0.122. The third kappa shape index (κ3) is 2.92. The molecule has 3 aromatic rings. The number of amides is 4. The summed E-state index contributed by atoms with van der Waals surface area (Å²) in [5.74, 6) is -2.18. The summed E-state index contributed by atoms with van der Waals surface area (Å²) >= 11 is 0. The van der Waals surface area contributed by atoms with Crippen LogP contribution in [0.3, 0.4) is 0 Å². The number of aromatic nitrogens is 2. The smallest absolute Gasteiger partial charge is 0.295 e. The summed E-state index contributed by atoms with van der Waals surface area (Å²) in [5.41, 5.74) is 1.50. The highest BCUT2D eigenvalue weighted by Gasteiger charge is 2.36. The highest BCUT2D eigenvalue weighted by atomic mass is 19.1. The predicted octanol–water partition coefficient (Wildman–Crippen LogP) is 1.68. The molecular weight excluding hydrogens is 379 g/mol. The van der Waals surface area contributed by atoms with Gasteiger partial charge in [-0.05, 0) is 48.0 Å². The van der Waals surface area contributed by atoms with E-state index < -0.39 is 23.7 Å². The van der Waals surface area contributed by atoms with Gasteiger partial charge < -0.3 is 0 Å². The van der Waals surface area contributed by atoms with E-state index >= 15 is 0 Å². The van der Waals surface area contributed by atoms with Crippen molar-refractivity contribution in [1.29, 1.82) is 0 Å². The highest BCUT2D eigenvalue weighted by Crippen LogP contribution is 2.23. The molecule has 0 bridgehead atoms. The minimum absolute atomic E-state index is 0.133. The molecule has 1 saturated heterocycles. The van der Waals surface area contributed by atoms with Crippen molar-refractivity contribution in [2.75, 3.05) is 4.90 Å². The molecule has 29 heavy (non-hydrogen) atoms. The molecule has 4 amide bonds. The Morgan fingerprint density at radius 3 is 2.24 bits per heavy atom. The molecule has 2 aromatic carbocycles. The van der Waals surface area contributed by atoms with Gasteiger partial charge >= 0.3 is 11.7 Å². The van der Waals surface area contributed by atoms with Gasteiger partial charge in [-0.2, -0.15) is 0 Å². The fourth-order valence-electron chi connectivity index (χ4n) is 3.26. The number of urea groups is 1. The molecule has 1 aromatic heterocycles. The topological polar surface area (TPSA) is 93.4 Å². The number of nitrogens with zero attached hydrogens (tertiary/aromatic N) is 3. The standard InChI is InChI=1S/C20H15FN4O4/c1-23-15-8-3-11(10-16(15)24(2)20(23)29)9-14-17(26)22-19(28)25(18(14)27)13-6-4-12(21)5-7-13/h3-10H,1-2H3,(H,22,26,28)/b14-9+. The summed E-state index contributed by atoms with van der Waals surface area (Å²) in [6.07, 6.45) is 1.34. The number of imidazole rings is 1. The molecule has 1 N–H and O–H groups in total. The van der Waals surface area contributed by atoms with Gasteiger partial charge in [-0.1, -0.05) is 6.07 Å². The largest absolute Gasteiger partial charge is 0.335 e. The summed E-state index contributed by atoms with van der Waals surface area (Å²) in [6.45, 7) is 0. The van der Waals surface area contributed by atoms with E-state index in [2.05, 4.69) is 5.32 Å². The van der Waals surface area contributed by atoms with Crippen LogP contribution < -0.4 is 15.9 Å². The van der Waals surface area contributed by atoms with Crippen molar-refractivity contribution < 1.29 is 18.8 Å². The van der Waals surface area contributed by atoms with Gasteiger partial charge in [0, 0.05) is 14.1 Å². The zero-order valence-corrected chi connectivity index (χ0v) is 15.5.